The largest absolute Gasteiger partial charge is 0.504 e. The number of hydrogen-bond donors (Lipinski definition) is 1. The zero-order valence-corrected chi connectivity index (χ0v) is 22.2. The van der Waals surface area contributed by atoms with Crippen LogP contribution in [-0.2, 0) is 16.6 Å². The van der Waals surface area contributed by atoms with Gasteiger partial charge in [0.15, 0.2) is 11.5 Å². The van der Waals surface area contributed by atoms with Gasteiger partial charge in [-0.05, 0) is 80.2 Å². The van der Waals surface area contributed by atoms with Crippen molar-refractivity contribution in [1.29, 1.82) is 0 Å². The van der Waals surface area contributed by atoms with Crippen LogP contribution in [0.1, 0.15) is 49.3 Å². The van der Waals surface area contributed by atoms with E-state index in [0.29, 0.717) is 29.5 Å². The minimum absolute atomic E-state index is 0.114. The highest BCUT2D eigenvalue weighted by Gasteiger charge is 2.30. The first-order chi connectivity index (χ1) is 17.3. The lowest BCUT2D eigenvalue weighted by Gasteiger charge is -2.33. The summed E-state index contributed by atoms with van der Waals surface area (Å²) < 4.78 is 34.1. The molecule has 1 aliphatic rings. The van der Waals surface area contributed by atoms with Crippen molar-refractivity contribution in [1.82, 2.24) is 9.21 Å². The number of phenols is 1. The Balaban J connectivity index is 1.46. The molecule has 36 heavy (non-hydrogen) atoms. The molecule has 0 bridgehead atoms. The molecule has 6 nitrogen and oxygen atoms in total. The Morgan fingerprint density at radius 1 is 0.972 bits per heavy atom. The van der Waals surface area contributed by atoms with Gasteiger partial charge in [0.2, 0.25) is 10.0 Å². The number of sulfonamides is 1. The minimum Gasteiger partial charge on any atom is -0.504 e. The highest BCUT2D eigenvalue weighted by atomic mass is 32.2. The molecule has 1 N–H and O–H groups in total. The van der Waals surface area contributed by atoms with Crippen LogP contribution in [0.25, 0.3) is 0 Å². The summed E-state index contributed by atoms with van der Waals surface area (Å²) in [7, 11) is -3.51. The molecule has 0 aliphatic carbocycles. The first kappa shape index (κ1) is 26.2. The summed E-state index contributed by atoms with van der Waals surface area (Å²) in [6.45, 7) is 9.21. The summed E-state index contributed by atoms with van der Waals surface area (Å²) >= 11 is 0. The third-order valence-corrected chi connectivity index (χ3v) is 9.04. The van der Waals surface area contributed by atoms with Gasteiger partial charge in [-0.3, -0.25) is 4.90 Å². The predicted octanol–water partition coefficient (Wildman–Crippen LogP) is 5.90. The van der Waals surface area contributed by atoms with E-state index in [1.807, 2.05) is 69.3 Å². The van der Waals surface area contributed by atoms with E-state index in [4.69, 9.17) is 4.74 Å². The average Bonchev–Trinajstić information content (AvgIpc) is 2.87. The van der Waals surface area contributed by atoms with Crippen LogP contribution in [0.4, 0.5) is 0 Å². The molecule has 1 aliphatic heterocycles. The summed E-state index contributed by atoms with van der Waals surface area (Å²) in [5.41, 5.74) is 3.10. The second-order valence-electron chi connectivity index (χ2n) is 9.40. The number of hydrogen-bond acceptors (Lipinski definition) is 5. The molecule has 1 saturated heterocycles. The fraction of sp³-hybridized carbons (Fsp3) is 0.379. The molecule has 0 atom stereocenters. The molecule has 0 aromatic heterocycles. The van der Waals surface area contributed by atoms with Crippen molar-refractivity contribution >= 4 is 10.0 Å². The van der Waals surface area contributed by atoms with Crippen LogP contribution in [0, 0.1) is 6.92 Å². The monoisotopic (exact) mass is 508 g/mol. The Morgan fingerprint density at radius 3 is 2.33 bits per heavy atom. The van der Waals surface area contributed by atoms with Gasteiger partial charge in [0.05, 0.1) is 4.90 Å². The second-order valence-corrected chi connectivity index (χ2v) is 11.3. The topological polar surface area (TPSA) is 70.1 Å². The van der Waals surface area contributed by atoms with Crippen LogP contribution < -0.4 is 4.74 Å². The molecule has 0 amide bonds. The molecular weight excluding hydrogens is 472 g/mol. The summed E-state index contributed by atoms with van der Waals surface area (Å²) in [6, 6.07) is 20.7. The number of aryl methyl sites for hydroxylation is 1. The Labute approximate surface area is 215 Å². The number of rotatable bonds is 9. The van der Waals surface area contributed by atoms with Gasteiger partial charge in [-0.25, -0.2) is 8.42 Å². The van der Waals surface area contributed by atoms with E-state index in [9.17, 15) is 13.5 Å². The number of likely N-dealkylation sites (tertiary alicyclic amines) is 1. The van der Waals surface area contributed by atoms with Crippen LogP contribution >= 0.6 is 0 Å². The first-order valence-corrected chi connectivity index (χ1v) is 14.1. The summed E-state index contributed by atoms with van der Waals surface area (Å²) in [6.07, 6.45) is 1.80. The number of piperidine rings is 1. The average molecular weight is 509 g/mol. The number of phenolic OH excluding ortho intramolecular Hbond substituents is 1. The Hall–Kier alpha value is -2.87. The zero-order chi connectivity index (χ0) is 25.7. The van der Waals surface area contributed by atoms with Crippen LogP contribution in [0.2, 0.25) is 0 Å². The van der Waals surface area contributed by atoms with Crippen molar-refractivity contribution in [2.24, 2.45) is 0 Å². The van der Waals surface area contributed by atoms with Crippen LogP contribution in [-0.4, -0.2) is 48.9 Å². The van der Waals surface area contributed by atoms with Crippen molar-refractivity contribution in [3.8, 4) is 17.2 Å². The van der Waals surface area contributed by atoms with E-state index < -0.39 is 10.0 Å². The van der Waals surface area contributed by atoms with Gasteiger partial charge < -0.3 is 9.84 Å². The van der Waals surface area contributed by atoms with Gasteiger partial charge in [0, 0.05) is 19.6 Å². The van der Waals surface area contributed by atoms with E-state index in [2.05, 4.69) is 11.0 Å². The molecule has 3 aromatic carbocycles. The summed E-state index contributed by atoms with van der Waals surface area (Å²) in [5, 5.41) is 10.3. The van der Waals surface area contributed by atoms with Crippen molar-refractivity contribution in [3.05, 3.63) is 83.4 Å². The summed E-state index contributed by atoms with van der Waals surface area (Å²) in [4.78, 5) is 2.83. The summed E-state index contributed by atoms with van der Waals surface area (Å²) in [5.74, 6) is 1.44. The molecular formula is C29H36N2O4S. The first-order valence-electron chi connectivity index (χ1n) is 12.7. The van der Waals surface area contributed by atoms with Gasteiger partial charge in [0.25, 0.3) is 0 Å². The highest BCUT2D eigenvalue weighted by Crippen LogP contribution is 2.36. The van der Waals surface area contributed by atoms with Crippen molar-refractivity contribution in [3.63, 3.8) is 0 Å². The number of aromatic hydroxyl groups is 1. The fourth-order valence-corrected chi connectivity index (χ4v) is 6.66. The number of ether oxygens (including phenoxy) is 1. The minimum atomic E-state index is -3.51. The number of nitrogens with zero attached hydrogens (tertiary/aromatic N) is 2. The molecule has 0 radical (unpaired) electrons. The lowest BCUT2D eigenvalue weighted by Crippen LogP contribution is -2.34. The maximum Gasteiger partial charge on any atom is 0.243 e. The van der Waals surface area contributed by atoms with Crippen LogP contribution in [0.3, 0.4) is 0 Å². The highest BCUT2D eigenvalue weighted by molar-refractivity contribution is 7.89. The molecule has 1 heterocycles. The van der Waals surface area contributed by atoms with E-state index in [-0.39, 0.29) is 11.7 Å². The number of benzene rings is 3. The van der Waals surface area contributed by atoms with Crippen molar-refractivity contribution in [2.75, 3.05) is 26.2 Å². The maximum absolute atomic E-state index is 13.3. The SMILES string of the molecule is CCN(CC)S(=O)(=O)c1ccc(C)cc1C1CCN(Cc2ccc(O)c(Oc3ccccc3)c2)CC1. The van der Waals surface area contributed by atoms with E-state index in [0.717, 1.165) is 49.2 Å². The van der Waals surface area contributed by atoms with Gasteiger partial charge in [0.1, 0.15) is 5.75 Å². The van der Waals surface area contributed by atoms with Gasteiger partial charge in [-0.2, -0.15) is 4.31 Å². The van der Waals surface area contributed by atoms with Crippen LogP contribution in [0.15, 0.2) is 71.6 Å². The molecule has 7 heteroatoms. The van der Waals surface area contributed by atoms with Crippen molar-refractivity contribution < 1.29 is 18.3 Å². The third-order valence-electron chi connectivity index (χ3n) is 6.92. The number of para-hydroxylation sites is 1. The predicted molar refractivity (Wildman–Crippen MR) is 143 cm³/mol. The van der Waals surface area contributed by atoms with E-state index in [1.165, 1.54) is 4.31 Å². The molecule has 4 rings (SSSR count). The van der Waals surface area contributed by atoms with Gasteiger partial charge in [-0.1, -0.05) is 55.8 Å². The van der Waals surface area contributed by atoms with E-state index in [1.54, 1.807) is 12.1 Å². The van der Waals surface area contributed by atoms with Gasteiger partial charge >= 0.3 is 0 Å². The zero-order valence-electron chi connectivity index (χ0n) is 21.4. The quantitative estimate of drug-likeness (QED) is 0.390. The van der Waals surface area contributed by atoms with Gasteiger partial charge in [-0.15, -0.1) is 0 Å². The third kappa shape index (κ3) is 5.91. The van der Waals surface area contributed by atoms with E-state index >= 15 is 0 Å². The Kier molecular flexibility index (Phi) is 8.34. The molecule has 0 spiro atoms. The maximum atomic E-state index is 13.3. The standard InChI is InChI=1S/C29H36N2O4S/c1-4-31(5-2)36(33,34)29-14-11-22(3)19-26(29)24-15-17-30(18-16-24)21-23-12-13-27(32)28(20-23)35-25-9-7-6-8-10-25/h6-14,19-20,24,32H,4-5,15-18,21H2,1-3H3. The fourth-order valence-electron chi connectivity index (χ4n) is 4.94. The molecule has 1 fully saturated rings. The second kappa shape index (κ2) is 11.5. The smallest absolute Gasteiger partial charge is 0.243 e. The Bertz CT molecular complexity index is 1270. The van der Waals surface area contributed by atoms with Crippen LogP contribution in [0.5, 0.6) is 17.2 Å². The molecule has 0 unspecified atom stereocenters. The normalized spacial score (nSPS) is 15.3. The molecule has 192 valence electrons. The molecule has 3 aromatic rings. The lowest BCUT2D eigenvalue weighted by molar-refractivity contribution is 0.203. The lowest BCUT2D eigenvalue weighted by atomic mass is 9.88. The van der Waals surface area contributed by atoms with Crippen molar-refractivity contribution in [2.45, 2.75) is 51.0 Å². The Morgan fingerprint density at radius 2 is 1.67 bits per heavy atom. The molecule has 0 saturated carbocycles.